The first-order valence-electron chi connectivity index (χ1n) is 9.05. The van der Waals surface area contributed by atoms with E-state index in [4.69, 9.17) is 9.26 Å². The van der Waals surface area contributed by atoms with Crippen LogP contribution in [0.2, 0.25) is 0 Å². The van der Waals surface area contributed by atoms with Gasteiger partial charge in [-0.05, 0) is 31.9 Å². The number of aromatic nitrogens is 2. The Morgan fingerprint density at radius 1 is 1.33 bits per heavy atom. The predicted molar refractivity (Wildman–Crippen MR) is 99.7 cm³/mol. The Kier molecular flexibility index (Phi) is 6.02. The van der Waals surface area contributed by atoms with Crippen molar-refractivity contribution < 1.29 is 14.2 Å². The number of ether oxygens (including phenoxy) is 1. The first kappa shape index (κ1) is 19.2. The van der Waals surface area contributed by atoms with Gasteiger partial charge in [-0.3, -0.25) is 15.0 Å². The van der Waals surface area contributed by atoms with Crippen LogP contribution in [-0.4, -0.2) is 53.3 Å². The number of hydrogen-bond donors (Lipinski definition) is 0. The lowest BCUT2D eigenvalue weighted by molar-refractivity contribution is -0.384. The molecule has 9 heteroatoms. The lowest BCUT2D eigenvalue weighted by Gasteiger charge is -2.23. The van der Waals surface area contributed by atoms with E-state index in [1.165, 1.54) is 0 Å². The van der Waals surface area contributed by atoms with Crippen molar-refractivity contribution in [1.82, 2.24) is 15.0 Å². The summed E-state index contributed by atoms with van der Waals surface area (Å²) in [7, 11) is 1.61. The number of rotatable bonds is 6. The zero-order valence-corrected chi connectivity index (χ0v) is 15.9. The summed E-state index contributed by atoms with van der Waals surface area (Å²) >= 11 is 0. The predicted octanol–water partition coefficient (Wildman–Crippen LogP) is 2.71. The summed E-state index contributed by atoms with van der Waals surface area (Å²) in [5.74, 6) is 1.10. The van der Waals surface area contributed by atoms with E-state index >= 15 is 0 Å². The van der Waals surface area contributed by atoms with E-state index in [0.29, 0.717) is 30.5 Å². The number of methoxy groups -OCH3 is 1. The normalized spacial score (nSPS) is 16.9. The highest BCUT2D eigenvalue weighted by molar-refractivity contribution is 5.64. The molecule has 2 heterocycles. The third kappa shape index (κ3) is 4.61. The number of benzene rings is 1. The van der Waals surface area contributed by atoms with Crippen molar-refractivity contribution in [2.75, 3.05) is 38.2 Å². The Labute approximate surface area is 158 Å². The third-order valence-electron chi connectivity index (χ3n) is 4.82. The zero-order valence-electron chi connectivity index (χ0n) is 15.9. The van der Waals surface area contributed by atoms with Gasteiger partial charge >= 0.3 is 0 Å². The number of aryl methyl sites for hydroxylation is 1. The van der Waals surface area contributed by atoms with Crippen LogP contribution in [0.3, 0.4) is 0 Å². The number of anilines is 1. The molecule has 2 aromatic rings. The van der Waals surface area contributed by atoms with Gasteiger partial charge in [-0.2, -0.15) is 4.98 Å². The van der Waals surface area contributed by atoms with Gasteiger partial charge in [0.25, 0.3) is 5.69 Å². The van der Waals surface area contributed by atoms with Crippen LogP contribution in [0.4, 0.5) is 11.4 Å². The standard InChI is InChI=1S/C18H25N5O4/c1-13-5-6-15(16(11-13)23(24)25)22-8-4-7-21(9-10-22)12-17-19-18(20-27-17)14(2)26-3/h5-6,11,14H,4,7-10,12H2,1-3H3. The smallest absolute Gasteiger partial charge is 0.292 e. The van der Waals surface area contributed by atoms with Gasteiger partial charge in [0.2, 0.25) is 5.89 Å². The largest absolute Gasteiger partial charge is 0.374 e. The van der Waals surface area contributed by atoms with Crippen molar-refractivity contribution in [3.8, 4) is 0 Å². The van der Waals surface area contributed by atoms with Gasteiger partial charge in [0.05, 0.1) is 11.5 Å². The van der Waals surface area contributed by atoms with E-state index in [9.17, 15) is 10.1 Å². The van der Waals surface area contributed by atoms with Crippen molar-refractivity contribution in [2.24, 2.45) is 0 Å². The highest BCUT2D eigenvalue weighted by atomic mass is 16.6. The maximum atomic E-state index is 11.4. The molecular weight excluding hydrogens is 350 g/mol. The number of nitro groups is 1. The molecule has 0 spiro atoms. The third-order valence-corrected chi connectivity index (χ3v) is 4.82. The molecule has 1 fully saturated rings. The molecule has 1 aliphatic rings. The van der Waals surface area contributed by atoms with E-state index in [1.807, 2.05) is 26.0 Å². The molecule has 1 aromatic carbocycles. The Bertz CT molecular complexity index is 794. The topological polar surface area (TPSA) is 97.8 Å². The van der Waals surface area contributed by atoms with Crippen molar-refractivity contribution in [3.63, 3.8) is 0 Å². The minimum absolute atomic E-state index is 0.165. The highest BCUT2D eigenvalue weighted by Gasteiger charge is 2.23. The summed E-state index contributed by atoms with van der Waals surface area (Å²) in [6.07, 6.45) is 0.699. The average molecular weight is 375 g/mol. The van der Waals surface area contributed by atoms with Gasteiger partial charge in [-0.15, -0.1) is 0 Å². The van der Waals surface area contributed by atoms with Crippen molar-refractivity contribution in [1.29, 1.82) is 0 Å². The van der Waals surface area contributed by atoms with E-state index in [0.717, 1.165) is 31.6 Å². The van der Waals surface area contributed by atoms with E-state index in [1.54, 1.807) is 13.2 Å². The van der Waals surface area contributed by atoms with Crippen LogP contribution in [-0.2, 0) is 11.3 Å². The van der Waals surface area contributed by atoms with Crippen LogP contribution in [0.5, 0.6) is 0 Å². The SMILES string of the molecule is COC(C)c1noc(CN2CCCN(c3ccc(C)cc3[N+](=O)[O-])CC2)n1. The molecule has 0 radical (unpaired) electrons. The van der Waals surface area contributed by atoms with E-state index in [2.05, 4.69) is 19.9 Å². The summed E-state index contributed by atoms with van der Waals surface area (Å²) in [5, 5.41) is 15.4. The quantitative estimate of drug-likeness (QED) is 0.561. The monoisotopic (exact) mass is 375 g/mol. The zero-order chi connectivity index (χ0) is 19.4. The second kappa shape index (κ2) is 8.45. The fraction of sp³-hybridized carbons (Fsp3) is 0.556. The fourth-order valence-corrected chi connectivity index (χ4v) is 3.21. The molecule has 1 aliphatic heterocycles. The lowest BCUT2D eigenvalue weighted by Crippen LogP contribution is -2.31. The van der Waals surface area contributed by atoms with Crippen molar-refractivity contribution in [2.45, 2.75) is 32.9 Å². The minimum atomic E-state index is -0.304. The van der Waals surface area contributed by atoms with E-state index in [-0.39, 0.29) is 16.7 Å². The highest BCUT2D eigenvalue weighted by Crippen LogP contribution is 2.30. The molecule has 9 nitrogen and oxygen atoms in total. The molecule has 1 aromatic heterocycles. The first-order valence-corrected chi connectivity index (χ1v) is 9.05. The maximum absolute atomic E-state index is 11.4. The summed E-state index contributed by atoms with van der Waals surface area (Å²) in [4.78, 5) is 19.8. The lowest BCUT2D eigenvalue weighted by atomic mass is 10.1. The van der Waals surface area contributed by atoms with Crippen molar-refractivity contribution >= 4 is 11.4 Å². The number of nitrogens with zero attached hydrogens (tertiary/aromatic N) is 5. The van der Waals surface area contributed by atoms with Crippen LogP contribution >= 0.6 is 0 Å². The fourth-order valence-electron chi connectivity index (χ4n) is 3.21. The Morgan fingerprint density at radius 3 is 2.89 bits per heavy atom. The Hall–Kier alpha value is -2.52. The van der Waals surface area contributed by atoms with Gasteiger partial charge in [0.15, 0.2) is 5.82 Å². The van der Waals surface area contributed by atoms with Crippen LogP contribution < -0.4 is 4.90 Å². The van der Waals surface area contributed by atoms with Gasteiger partial charge in [-0.1, -0.05) is 11.2 Å². The minimum Gasteiger partial charge on any atom is -0.374 e. The molecule has 27 heavy (non-hydrogen) atoms. The summed E-state index contributed by atoms with van der Waals surface area (Å²) in [5.41, 5.74) is 1.74. The molecule has 0 aliphatic carbocycles. The molecule has 0 amide bonds. The number of nitro benzene ring substituents is 1. The van der Waals surface area contributed by atoms with Crippen LogP contribution in [0, 0.1) is 17.0 Å². The maximum Gasteiger partial charge on any atom is 0.292 e. The second-order valence-corrected chi connectivity index (χ2v) is 6.79. The molecule has 3 rings (SSSR count). The molecule has 146 valence electrons. The van der Waals surface area contributed by atoms with Crippen LogP contribution in [0.25, 0.3) is 0 Å². The molecule has 1 atom stereocenters. The molecule has 0 N–H and O–H groups in total. The van der Waals surface area contributed by atoms with Gasteiger partial charge in [0.1, 0.15) is 11.8 Å². The summed E-state index contributed by atoms with van der Waals surface area (Å²) in [6, 6.07) is 5.40. The van der Waals surface area contributed by atoms with Crippen molar-refractivity contribution in [3.05, 3.63) is 45.6 Å². The molecule has 0 bridgehead atoms. The molecule has 1 saturated heterocycles. The average Bonchev–Trinajstić information content (AvgIpc) is 2.99. The van der Waals surface area contributed by atoms with Crippen LogP contribution in [0.1, 0.15) is 36.7 Å². The van der Waals surface area contributed by atoms with Gasteiger partial charge in [-0.25, -0.2) is 0 Å². The number of hydrogen-bond acceptors (Lipinski definition) is 8. The second-order valence-electron chi connectivity index (χ2n) is 6.79. The Balaban J connectivity index is 1.66. The summed E-state index contributed by atoms with van der Waals surface area (Å²) in [6.45, 7) is 7.41. The Morgan fingerprint density at radius 2 is 2.15 bits per heavy atom. The van der Waals surface area contributed by atoms with Crippen LogP contribution in [0.15, 0.2) is 22.7 Å². The first-order chi connectivity index (χ1) is 13.0. The molecule has 1 unspecified atom stereocenters. The molecular formula is C18H25N5O4. The van der Waals surface area contributed by atoms with Gasteiger partial charge in [0, 0.05) is 39.4 Å². The van der Waals surface area contributed by atoms with E-state index < -0.39 is 0 Å². The van der Waals surface area contributed by atoms with Gasteiger partial charge < -0.3 is 14.2 Å². The summed E-state index contributed by atoms with van der Waals surface area (Å²) < 4.78 is 10.5. The molecule has 0 saturated carbocycles.